The van der Waals surface area contributed by atoms with Crippen LogP contribution in [-0.4, -0.2) is 34.9 Å². The highest BCUT2D eigenvalue weighted by atomic mass is 16.3. The number of nitrogens with zero attached hydrogens (tertiary/aromatic N) is 2. The average molecular weight is 401 g/mol. The van der Waals surface area contributed by atoms with Gasteiger partial charge in [0.05, 0.1) is 6.54 Å². The minimum atomic E-state index is -0.274. The summed E-state index contributed by atoms with van der Waals surface area (Å²) in [6, 6.07) is 7.56. The molecule has 0 aliphatic rings. The number of anilines is 1. The van der Waals surface area contributed by atoms with Gasteiger partial charge in [0, 0.05) is 18.8 Å². The van der Waals surface area contributed by atoms with Crippen LogP contribution >= 0.6 is 0 Å². The van der Waals surface area contributed by atoms with E-state index >= 15 is 0 Å². The van der Waals surface area contributed by atoms with Gasteiger partial charge in [0.2, 0.25) is 5.89 Å². The third-order valence-electron chi connectivity index (χ3n) is 4.27. The third kappa shape index (κ3) is 7.25. The van der Waals surface area contributed by atoms with E-state index in [4.69, 9.17) is 4.42 Å². The Hall–Kier alpha value is -2.83. The van der Waals surface area contributed by atoms with Gasteiger partial charge < -0.3 is 20.0 Å². The van der Waals surface area contributed by atoms with Crippen LogP contribution in [0.5, 0.6) is 0 Å². The second-order valence-electron chi connectivity index (χ2n) is 7.99. The van der Waals surface area contributed by atoms with Crippen LogP contribution in [0.2, 0.25) is 0 Å². The summed E-state index contributed by atoms with van der Waals surface area (Å²) in [5.41, 5.74) is 2.17. The summed E-state index contributed by atoms with van der Waals surface area (Å²) in [6.07, 6.45) is 2.28. The maximum Gasteiger partial charge on any atom is 0.322 e. The molecule has 1 heterocycles. The number of oxazole rings is 1. The van der Waals surface area contributed by atoms with E-state index in [0.29, 0.717) is 24.9 Å². The normalized spacial score (nSPS) is 11.0. The number of benzene rings is 1. The van der Waals surface area contributed by atoms with Crippen molar-refractivity contribution >= 4 is 17.6 Å². The van der Waals surface area contributed by atoms with Crippen LogP contribution in [0.4, 0.5) is 10.5 Å². The van der Waals surface area contributed by atoms with Crippen molar-refractivity contribution in [3.05, 3.63) is 47.7 Å². The van der Waals surface area contributed by atoms with Crippen LogP contribution in [0, 0.1) is 11.8 Å². The molecule has 3 amide bonds. The summed E-state index contributed by atoms with van der Waals surface area (Å²) < 4.78 is 5.44. The first-order valence-electron chi connectivity index (χ1n) is 10.2. The molecule has 1 aromatic carbocycles. The van der Waals surface area contributed by atoms with E-state index in [1.807, 2.05) is 52.0 Å². The Kier molecular flexibility index (Phi) is 8.24. The molecule has 158 valence electrons. The van der Waals surface area contributed by atoms with Crippen LogP contribution in [0.3, 0.4) is 0 Å². The van der Waals surface area contributed by atoms with E-state index in [1.54, 1.807) is 4.90 Å². The first-order chi connectivity index (χ1) is 13.8. The van der Waals surface area contributed by atoms with Gasteiger partial charge in [0.25, 0.3) is 5.91 Å². The molecular formula is C22H32N4O3. The van der Waals surface area contributed by atoms with Crippen LogP contribution in [0.1, 0.15) is 56.6 Å². The molecular weight excluding hydrogens is 368 g/mol. The fourth-order valence-corrected chi connectivity index (χ4v) is 2.72. The van der Waals surface area contributed by atoms with Crippen molar-refractivity contribution in [1.29, 1.82) is 0 Å². The lowest BCUT2D eigenvalue weighted by molar-refractivity contribution is 0.0944. The van der Waals surface area contributed by atoms with Gasteiger partial charge in [-0.2, -0.15) is 0 Å². The molecule has 0 aliphatic heterocycles. The molecule has 0 bridgehead atoms. The zero-order valence-corrected chi connectivity index (χ0v) is 18.0. The molecule has 0 radical (unpaired) electrons. The number of amides is 3. The second-order valence-corrected chi connectivity index (χ2v) is 7.99. The Labute approximate surface area is 172 Å². The van der Waals surface area contributed by atoms with Gasteiger partial charge in [0.1, 0.15) is 6.26 Å². The van der Waals surface area contributed by atoms with Gasteiger partial charge in [-0.3, -0.25) is 4.79 Å². The summed E-state index contributed by atoms with van der Waals surface area (Å²) >= 11 is 0. The first-order valence-corrected chi connectivity index (χ1v) is 10.2. The van der Waals surface area contributed by atoms with Crippen LogP contribution in [0.15, 0.2) is 34.9 Å². The van der Waals surface area contributed by atoms with Gasteiger partial charge in [0.15, 0.2) is 5.69 Å². The lowest BCUT2D eigenvalue weighted by atomic mass is 10.1. The quantitative estimate of drug-likeness (QED) is 0.656. The van der Waals surface area contributed by atoms with Crippen molar-refractivity contribution in [3.8, 4) is 0 Å². The van der Waals surface area contributed by atoms with Crippen molar-refractivity contribution in [2.45, 2.75) is 47.6 Å². The SMILES string of the molecule is CCc1ccc(NC(=O)N(Cc2nc(C(=O)NCC(C)C)co2)CC(C)C)cc1. The number of hydrogen-bond acceptors (Lipinski definition) is 4. The van der Waals surface area contributed by atoms with Crippen molar-refractivity contribution in [2.75, 3.05) is 18.4 Å². The molecule has 0 unspecified atom stereocenters. The zero-order valence-electron chi connectivity index (χ0n) is 18.0. The minimum Gasteiger partial charge on any atom is -0.446 e. The molecule has 0 atom stereocenters. The van der Waals surface area contributed by atoms with E-state index < -0.39 is 0 Å². The highest BCUT2D eigenvalue weighted by Gasteiger charge is 2.20. The monoisotopic (exact) mass is 400 g/mol. The molecule has 7 nitrogen and oxygen atoms in total. The van der Waals surface area contributed by atoms with Crippen molar-refractivity contribution < 1.29 is 14.0 Å². The van der Waals surface area contributed by atoms with Crippen molar-refractivity contribution in [1.82, 2.24) is 15.2 Å². The van der Waals surface area contributed by atoms with Gasteiger partial charge in [-0.1, -0.05) is 46.8 Å². The molecule has 0 saturated carbocycles. The molecule has 2 aromatic rings. The molecule has 0 fully saturated rings. The molecule has 0 saturated heterocycles. The molecule has 2 rings (SSSR count). The van der Waals surface area contributed by atoms with Gasteiger partial charge in [-0.25, -0.2) is 9.78 Å². The third-order valence-corrected chi connectivity index (χ3v) is 4.27. The first kappa shape index (κ1) is 22.5. The number of carbonyl (C=O) groups excluding carboxylic acids is 2. The van der Waals surface area contributed by atoms with Gasteiger partial charge in [-0.05, 0) is 36.0 Å². The molecule has 2 N–H and O–H groups in total. The predicted octanol–water partition coefficient (Wildman–Crippen LogP) is 4.31. The van der Waals surface area contributed by atoms with E-state index in [9.17, 15) is 9.59 Å². The lowest BCUT2D eigenvalue weighted by Gasteiger charge is -2.23. The standard InChI is InChI=1S/C22H32N4O3/c1-6-17-7-9-18(10-8-17)24-22(28)26(12-16(4)5)13-20-25-19(14-29-20)21(27)23-11-15(2)3/h7-10,14-16H,6,11-13H2,1-5H3,(H,23,27)(H,24,28). The molecule has 1 aromatic heterocycles. The summed E-state index contributed by atoms with van der Waals surface area (Å²) in [4.78, 5) is 30.8. The maximum absolute atomic E-state index is 12.8. The van der Waals surface area contributed by atoms with Crippen molar-refractivity contribution in [2.24, 2.45) is 11.8 Å². The molecule has 0 aliphatic carbocycles. The molecule has 7 heteroatoms. The largest absolute Gasteiger partial charge is 0.446 e. The van der Waals surface area contributed by atoms with E-state index in [2.05, 4.69) is 22.5 Å². The number of carbonyl (C=O) groups is 2. The summed E-state index contributed by atoms with van der Waals surface area (Å²) in [7, 11) is 0. The number of urea groups is 1. The minimum absolute atomic E-state index is 0.189. The summed E-state index contributed by atoms with van der Waals surface area (Å²) in [5.74, 6) is 0.676. The van der Waals surface area contributed by atoms with Crippen molar-refractivity contribution in [3.63, 3.8) is 0 Å². The molecule has 0 spiro atoms. The Morgan fingerprint density at radius 2 is 1.79 bits per heavy atom. The average Bonchev–Trinajstić information content (AvgIpc) is 3.14. The Bertz CT molecular complexity index is 797. The fourth-order valence-electron chi connectivity index (χ4n) is 2.72. The smallest absolute Gasteiger partial charge is 0.322 e. The lowest BCUT2D eigenvalue weighted by Crippen LogP contribution is -2.37. The topological polar surface area (TPSA) is 87.5 Å². The highest BCUT2D eigenvalue weighted by molar-refractivity contribution is 5.92. The number of nitrogens with one attached hydrogen (secondary N) is 2. The second kappa shape index (κ2) is 10.6. The van der Waals surface area contributed by atoms with E-state index in [0.717, 1.165) is 12.1 Å². The van der Waals surface area contributed by atoms with Gasteiger partial charge in [-0.15, -0.1) is 0 Å². The Morgan fingerprint density at radius 3 is 2.38 bits per heavy atom. The predicted molar refractivity (Wildman–Crippen MR) is 114 cm³/mol. The highest BCUT2D eigenvalue weighted by Crippen LogP contribution is 2.14. The Morgan fingerprint density at radius 1 is 1.10 bits per heavy atom. The number of aryl methyl sites for hydroxylation is 1. The summed E-state index contributed by atoms with van der Waals surface area (Å²) in [5, 5.41) is 5.73. The van der Waals surface area contributed by atoms with Crippen LogP contribution < -0.4 is 10.6 Å². The Balaban J connectivity index is 2.04. The summed E-state index contributed by atoms with van der Waals surface area (Å²) in [6.45, 7) is 11.5. The van der Waals surface area contributed by atoms with E-state index in [-0.39, 0.29) is 30.1 Å². The fraction of sp³-hybridized carbons (Fsp3) is 0.500. The molecule has 29 heavy (non-hydrogen) atoms. The number of hydrogen-bond donors (Lipinski definition) is 2. The van der Waals surface area contributed by atoms with E-state index in [1.165, 1.54) is 11.8 Å². The number of aromatic nitrogens is 1. The van der Waals surface area contributed by atoms with Crippen LogP contribution in [-0.2, 0) is 13.0 Å². The zero-order chi connectivity index (χ0) is 21.4. The van der Waals surface area contributed by atoms with Crippen LogP contribution in [0.25, 0.3) is 0 Å². The number of rotatable bonds is 9. The maximum atomic E-state index is 12.8. The van der Waals surface area contributed by atoms with Gasteiger partial charge >= 0.3 is 6.03 Å².